The van der Waals surface area contributed by atoms with E-state index in [1.807, 2.05) is 37.2 Å². The van der Waals surface area contributed by atoms with Crippen LogP contribution in [-0.2, 0) is 13.0 Å². The zero-order valence-electron chi connectivity index (χ0n) is 14.0. The lowest BCUT2D eigenvalue weighted by molar-refractivity contribution is 0.507. The van der Waals surface area contributed by atoms with Crippen LogP contribution in [0.3, 0.4) is 0 Å². The number of hydrogen-bond acceptors (Lipinski definition) is 4. The van der Waals surface area contributed by atoms with E-state index in [0.717, 1.165) is 42.6 Å². The van der Waals surface area contributed by atoms with Gasteiger partial charge in [0.05, 0.1) is 12.8 Å². The molecule has 2 aromatic rings. The van der Waals surface area contributed by atoms with E-state index in [1.54, 1.807) is 12.5 Å². The molecule has 0 spiro atoms. The highest BCUT2D eigenvalue weighted by molar-refractivity contribution is 5.79. The summed E-state index contributed by atoms with van der Waals surface area (Å²) >= 11 is 0. The third-order valence-electron chi connectivity index (χ3n) is 3.29. The van der Waals surface area contributed by atoms with E-state index in [4.69, 9.17) is 4.42 Å². The summed E-state index contributed by atoms with van der Waals surface area (Å²) in [6.45, 7) is 4.23. The van der Waals surface area contributed by atoms with Crippen molar-refractivity contribution < 1.29 is 4.42 Å². The summed E-state index contributed by atoms with van der Waals surface area (Å²) in [6.07, 6.45) is 4.32. The Morgan fingerprint density at radius 1 is 1.26 bits per heavy atom. The van der Waals surface area contributed by atoms with Crippen molar-refractivity contribution in [2.75, 3.05) is 32.1 Å². The van der Waals surface area contributed by atoms with Crippen LogP contribution in [0.2, 0.25) is 0 Å². The fourth-order valence-electron chi connectivity index (χ4n) is 2.22. The lowest BCUT2D eigenvalue weighted by Crippen LogP contribution is -2.38. The van der Waals surface area contributed by atoms with E-state index in [9.17, 15) is 0 Å². The largest absolute Gasteiger partial charge is 0.469 e. The Morgan fingerprint density at radius 2 is 2.13 bits per heavy atom. The quantitative estimate of drug-likeness (QED) is 0.604. The first-order valence-electron chi connectivity index (χ1n) is 7.86. The van der Waals surface area contributed by atoms with Gasteiger partial charge in [0, 0.05) is 45.4 Å². The van der Waals surface area contributed by atoms with Crippen LogP contribution in [0, 0.1) is 0 Å². The van der Waals surface area contributed by atoms with Crippen molar-refractivity contribution in [3.8, 4) is 0 Å². The maximum atomic E-state index is 5.33. The molecule has 0 aromatic carbocycles. The van der Waals surface area contributed by atoms with Crippen LogP contribution in [0.25, 0.3) is 0 Å². The molecule has 2 N–H and O–H groups in total. The normalized spacial score (nSPS) is 11.3. The molecule has 124 valence electrons. The molecule has 2 rings (SSSR count). The minimum Gasteiger partial charge on any atom is -0.469 e. The van der Waals surface area contributed by atoms with Crippen molar-refractivity contribution >= 4 is 11.8 Å². The van der Waals surface area contributed by atoms with Crippen molar-refractivity contribution in [2.45, 2.75) is 19.9 Å². The number of nitrogens with zero attached hydrogens (tertiary/aromatic N) is 3. The summed E-state index contributed by atoms with van der Waals surface area (Å²) in [5.41, 5.74) is 1.10. The monoisotopic (exact) mass is 315 g/mol. The molecule has 23 heavy (non-hydrogen) atoms. The molecule has 6 nitrogen and oxygen atoms in total. The van der Waals surface area contributed by atoms with Gasteiger partial charge in [0.1, 0.15) is 11.6 Å². The third-order valence-corrected chi connectivity index (χ3v) is 3.29. The van der Waals surface area contributed by atoms with Gasteiger partial charge in [-0.1, -0.05) is 6.07 Å². The fourth-order valence-corrected chi connectivity index (χ4v) is 2.22. The Bertz CT molecular complexity index is 607. The second-order valence-corrected chi connectivity index (χ2v) is 5.33. The molecule has 0 bridgehead atoms. The van der Waals surface area contributed by atoms with Gasteiger partial charge >= 0.3 is 0 Å². The molecule has 0 unspecified atom stereocenters. The maximum Gasteiger partial charge on any atom is 0.191 e. The van der Waals surface area contributed by atoms with E-state index in [-0.39, 0.29) is 0 Å². The second kappa shape index (κ2) is 8.82. The van der Waals surface area contributed by atoms with Crippen LogP contribution in [0.1, 0.15) is 18.2 Å². The lowest BCUT2D eigenvalue weighted by Gasteiger charge is -2.15. The number of guanidine groups is 1. The highest BCUT2D eigenvalue weighted by atomic mass is 16.3. The molecule has 6 heteroatoms. The van der Waals surface area contributed by atoms with Gasteiger partial charge in [-0.3, -0.25) is 0 Å². The number of aliphatic imine (C=N–C) groups is 1. The van der Waals surface area contributed by atoms with Crippen molar-refractivity contribution in [3.05, 3.63) is 48.0 Å². The Morgan fingerprint density at radius 3 is 2.83 bits per heavy atom. The predicted octanol–water partition coefficient (Wildman–Crippen LogP) is 2.04. The minimum absolute atomic E-state index is 0.581. The lowest BCUT2D eigenvalue weighted by atomic mass is 10.2. The molecule has 2 heterocycles. The van der Waals surface area contributed by atoms with Crippen LogP contribution >= 0.6 is 0 Å². The Kier molecular flexibility index (Phi) is 6.47. The van der Waals surface area contributed by atoms with E-state index in [2.05, 4.69) is 33.6 Å². The first kappa shape index (κ1) is 16.9. The number of pyridine rings is 1. The fraction of sp³-hybridized carbons (Fsp3) is 0.412. The molecular weight excluding hydrogens is 290 g/mol. The van der Waals surface area contributed by atoms with Gasteiger partial charge < -0.3 is 20.0 Å². The number of aromatic nitrogens is 1. The summed E-state index contributed by atoms with van der Waals surface area (Å²) in [5.74, 6) is 2.71. The summed E-state index contributed by atoms with van der Waals surface area (Å²) < 4.78 is 5.33. The van der Waals surface area contributed by atoms with Gasteiger partial charge in [-0.15, -0.1) is 0 Å². The first-order chi connectivity index (χ1) is 11.2. The van der Waals surface area contributed by atoms with Crippen LogP contribution in [-0.4, -0.2) is 38.1 Å². The number of nitrogens with one attached hydrogen (secondary N) is 2. The minimum atomic E-state index is 0.581. The number of rotatable bonds is 7. The maximum absolute atomic E-state index is 5.33. The Hall–Kier alpha value is -2.50. The van der Waals surface area contributed by atoms with Crippen LogP contribution in [0.4, 0.5) is 5.82 Å². The number of hydrogen-bond donors (Lipinski definition) is 2. The predicted molar refractivity (Wildman–Crippen MR) is 93.8 cm³/mol. The van der Waals surface area contributed by atoms with Crippen LogP contribution in [0.5, 0.6) is 0 Å². The SMILES string of the molecule is CCNC(=NCc1cccnc1N(C)C)NCCc1ccco1. The zero-order valence-corrected chi connectivity index (χ0v) is 14.0. The summed E-state index contributed by atoms with van der Waals surface area (Å²) in [7, 11) is 3.98. The summed E-state index contributed by atoms with van der Waals surface area (Å²) in [5, 5.41) is 6.58. The number of anilines is 1. The first-order valence-corrected chi connectivity index (χ1v) is 7.86. The molecule has 0 amide bonds. The molecule has 0 fully saturated rings. The Labute approximate surface area is 137 Å². The smallest absolute Gasteiger partial charge is 0.191 e. The van der Waals surface area contributed by atoms with Crippen molar-refractivity contribution in [3.63, 3.8) is 0 Å². The standard InChI is InChI=1S/C17H25N5O/c1-4-18-17(20-11-9-15-8-6-12-23-15)21-13-14-7-5-10-19-16(14)22(2)3/h5-8,10,12H,4,9,11,13H2,1-3H3,(H2,18,20,21). The number of furan rings is 1. The molecule has 0 aliphatic carbocycles. The summed E-state index contributed by atoms with van der Waals surface area (Å²) in [6, 6.07) is 7.87. The van der Waals surface area contributed by atoms with Gasteiger partial charge in [-0.05, 0) is 25.1 Å². The van der Waals surface area contributed by atoms with Crippen molar-refractivity contribution in [1.29, 1.82) is 0 Å². The average molecular weight is 315 g/mol. The molecule has 0 radical (unpaired) electrons. The van der Waals surface area contributed by atoms with Gasteiger partial charge in [-0.25, -0.2) is 9.98 Å². The van der Waals surface area contributed by atoms with Gasteiger partial charge in [-0.2, -0.15) is 0 Å². The highest BCUT2D eigenvalue weighted by Gasteiger charge is 2.05. The van der Waals surface area contributed by atoms with E-state index in [0.29, 0.717) is 6.54 Å². The Balaban J connectivity index is 1.95. The van der Waals surface area contributed by atoms with E-state index >= 15 is 0 Å². The van der Waals surface area contributed by atoms with E-state index in [1.165, 1.54) is 0 Å². The molecule has 0 saturated carbocycles. The second-order valence-electron chi connectivity index (χ2n) is 5.33. The molecule has 2 aromatic heterocycles. The molecule has 0 saturated heterocycles. The summed E-state index contributed by atoms with van der Waals surface area (Å²) in [4.78, 5) is 11.0. The average Bonchev–Trinajstić information content (AvgIpc) is 3.06. The van der Waals surface area contributed by atoms with Crippen LogP contribution < -0.4 is 15.5 Å². The van der Waals surface area contributed by atoms with Gasteiger partial charge in [0.15, 0.2) is 5.96 Å². The van der Waals surface area contributed by atoms with Crippen molar-refractivity contribution in [2.24, 2.45) is 4.99 Å². The highest BCUT2D eigenvalue weighted by Crippen LogP contribution is 2.15. The van der Waals surface area contributed by atoms with Crippen molar-refractivity contribution in [1.82, 2.24) is 15.6 Å². The molecule has 0 aliphatic rings. The zero-order chi connectivity index (χ0) is 16.5. The molecule has 0 aliphatic heterocycles. The molecule has 0 atom stereocenters. The van der Waals surface area contributed by atoms with Gasteiger partial charge in [0.2, 0.25) is 0 Å². The van der Waals surface area contributed by atoms with E-state index < -0.39 is 0 Å². The van der Waals surface area contributed by atoms with Gasteiger partial charge in [0.25, 0.3) is 0 Å². The van der Waals surface area contributed by atoms with Crippen LogP contribution in [0.15, 0.2) is 46.1 Å². The third kappa shape index (κ3) is 5.32. The molecular formula is C17H25N5O. The topological polar surface area (TPSA) is 65.7 Å².